The third-order valence-corrected chi connectivity index (χ3v) is 6.91. The second kappa shape index (κ2) is 11.0. The molecule has 1 amide bonds. The van der Waals surface area contributed by atoms with E-state index in [9.17, 15) is 28.0 Å². The third kappa shape index (κ3) is 5.84. The highest BCUT2D eigenvalue weighted by molar-refractivity contribution is 7.98. The summed E-state index contributed by atoms with van der Waals surface area (Å²) in [5.41, 5.74) is -2.41. The van der Waals surface area contributed by atoms with Crippen molar-refractivity contribution in [2.45, 2.75) is 57.1 Å². The van der Waals surface area contributed by atoms with E-state index in [1.165, 1.54) is 41.9 Å². The quantitative estimate of drug-likeness (QED) is 0.326. The first-order valence-corrected chi connectivity index (χ1v) is 13.6. The first kappa shape index (κ1) is 29.1. The van der Waals surface area contributed by atoms with Crippen molar-refractivity contribution < 1.29 is 22.7 Å². The van der Waals surface area contributed by atoms with Gasteiger partial charge in [0.15, 0.2) is 5.16 Å². The molecule has 0 radical (unpaired) electrons. The van der Waals surface area contributed by atoms with Crippen LogP contribution in [0.25, 0.3) is 16.6 Å². The average molecular weight is 576 g/mol. The molecule has 1 aromatic carbocycles. The number of rotatable bonds is 4. The number of carbonyl (C=O) groups excluding carboxylic acids is 1. The molecule has 0 aliphatic carbocycles. The lowest BCUT2D eigenvalue weighted by atomic mass is 10.1. The lowest BCUT2D eigenvalue weighted by Crippen LogP contribution is -2.56. The normalized spacial score (nSPS) is 16.2. The van der Waals surface area contributed by atoms with Gasteiger partial charge in [-0.25, -0.2) is 14.8 Å². The van der Waals surface area contributed by atoms with Gasteiger partial charge in [-0.15, -0.1) is 0 Å². The molecule has 0 N–H and O–H groups in total. The van der Waals surface area contributed by atoms with Crippen molar-refractivity contribution in [1.82, 2.24) is 24.6 Å². The summed E-state index contributed by atoms with van der Waals surface area (Å²) < 4.78 is 47.0. The molecule has 2 aromatic heterocycles. The molecule has 1 atom stereocenters. The van der Waals surface area contributed by atoms with Gasteiger partial charge in [-0.3, -0.25) is 4.79 Å². The molecule has 4 rings (SSSR count). The highest BCUT2D eigenvalue weighted by Gasteiger charge is 2.35. The van der Waals surface area contributed by atoms with Crippen LogP contribution in [-0.2, 0) is 10.9 Å². The number of hydrogen-bond donors (Lipinski definition) is 0. The molecule has 0 bridgehead atoms. The molecule has 40 heavy (non-hydrogen) atoms. The van der Waals surface area contributed by atoms with E-state index in [4.69, 9.17) is 4.74 Å². The second-order valence-corrected chi connectivity index (χ2v) is 11.0. The maximum atomic E-state index is 13.6. The smallest absolute Gasteiger partial charge is 0.416 e. The summed E-state index contributed by atoms with van der Waals surface area (Å²) in [6.45, 7) is 7.39. The molecule has 10 nitrogen and oxygen atoms in total. The SMILES string of the molecule is CSc1nc(N2CCN(C(=O)OC(C)(C)C)C(CC#N)C2)c2cnn(-c3cccc(C(F)(F)F)c3C)c(=O)c2n1. The number of anilines is 1. The predicted molar refractivity (Wildman–Crippen MR) is 144 cm³/mol. The molecule has 14 heteroatoms. The number of fused-ring (bicyclic) bond motifs is 1. The van der Waals surface area contributed by atoms with E-state index in [0.29, 0.717) is 17.7 Å². The number of thioether (sulfide) groups is 1. The number of aromatic nitrogens is 4. The van der Waals surface area contributed by atoms with E-state index < -0.39 is 35.0 Å². The molecule has 212 valence electrons. The molecule has 0 saturated carbocycles. The van der Waals surface area contributed by atoms with E-state index in [1.807, 2.05) is 4.90 Å². The van der Waals surface area contributed by atoms with Crippen LogP contribution in [-0.4, -0.2) is 68.3 Å². The van der Waals surface area contributed by atoms with Gasteiger partial charge in [0.2, 0.25) is 0 Å². The van der Waals surface area contributed by atoms with Gasteiger partial charge < -0.3 is 14.5 Å². The van der Waals surface area contributed by atoms with Crippen molar-refractivity contribution >= 4 is 34.6 Å². The van der Waals surface area contributed by atoms with E-state index in [0.717, 1.165) is 10.7 Å². The van der Waals surface area contributed by atoms with Crippen LogP contribution < -0.4 is 10.5 Å². The van der Waals surface area contributed by atoms with Gasteiger partial charge in [-0.2, -0.15) is 28.2 Å². The molecule has 1 aliphatic rings. The summed E-state index contributed by atoms with van der Waals surface area (Å²) in [4.78, 5) is 38.7. The summed E-state index contributed by atoms with van der Waals surface area (Å²) >= 11 is 1.20. The van der Waals surface area contributed by atoms with Crippen LogP contribution in [0.5, 0.6) is 0 Å². The maximum absolute atomic E-state index is 13.6. The number of piperazine rings is 1. The molecule has 1 fully saturated rings. The van der Waals surface area contributed by atoms with Crippen LogP contribution in [0.3, 0.4) is 0 Å². The monoisotopic (exact) mass is 575 g/mol. The Hall–Kier alpha value is -3.86. The number of hydrogen-bond acceptors (Lipinski definition) is 9. The van der Waals surface area contributed by atoms with Gasteiger partial charge in [0.25, 0.3) is 5.56 Å². The van der Waals surface area contributed by atoms with E-state index >= 15 is 0 Å². The summed E-state index contributed by atoms with van der Waals surface area (Å²) in [5, 5.41) is 14.2. The van der Waals surface area contributed by atoms with Crippen molar-refractivity contribution in [3.8, 4) is 11.8 Å². The topological polar surface area (TPSA) is 117 Å². The van der Waals surface area contributed by atoms with E-state index in [1.54, 1.807) is 27.0 Å². The van der Waals surface area contributed by atoms with Crippen molar-refractivity contribution in [1.29, 1.82) is 5.26 Å². The van der Waals surface area contributed by atoms with Crippen LogP contribution in [0, 0.1) is 18.3 Å². The van der Waals surface area contributed by atoms with Crippen LogP contribution in [0.1, 0.15) is 38.3 Å². The Morgan fingerprint density at radius 3 is 2.58 bits per heavy atom. The highest BCUT2D eigenvalue weighted by Crippen LogP contribution is 2.34. The fourth-order valence-electron chi connectivity index (χ4n) is 4.54. The zero-order valence-electron chi connectivity index (χ0n) is 22.6. The maximum Gasteiger partial charge on any atom is 0.416 e. The zero-order valence-corrected chi connectivity index (χ0v) is 23.4. The highest BCUT2D eigenvalue weighted by atomic mass is 32.2. The van der Waals surface area contributed by atoms with Crippen LogP contribution in [0.15, 0.2) is 34.3 Å². The minimum Gasteiger partial charge on any atom is -0.444 e. The Bertz CT molecular complexity index is 1550. The summed E-state index contributed by atoms with van der Waals surface area (Å²) in [7, 11) is 0. The van der Waals surface area contributed by atoms with E-state index in [-0.39, 0.29) is 41.4 Å². The van der Waals surface area contributed by atoms with Crippen LogP contribution in [0.4, 0.5) is 23.8 Å². The molecule has 1 saturated heterocycles. The first-order chi connectivity index (χ1) is 18.7. The van der Waals surface area contributed by atoms with Gasteiger partial charge in [-0.1, -0.05) is 17.8 Å². The van der Waals surface area contributed by atoms with Crippen molar-refractivity contribution in [2.24, 2.45) is 0 Å². The Kier molecular flexibility index (Phi) is 7.98. The molecule has 1 aliphatic heterocycles. The largest absolute Gasteiger partial charge is 0.444 e. The Morgan fingerprint density at radius 2 is 1.95 bits per heavy atom. The van der Waals surface area contributed by atoms with Gasteiger partial charge in [-0.05, 0) is 51.6 Å². The number of benzene rings is 1. The average Bonchev–Trinajstić information content (AvgIpc) is 2.87. The molecule has 3 heterocycles. The second-order valence-electron chi connectivity index (χ2n) is 10.2. The number of nitrogens with zero attached hydrogens (tertiary/aromatic N) is 7. The fourth-order valence-corrected chi connectivity index (χ4v) is 4.90. The lowest BCUT2D eigenvalue weighted by Gasteiger charge is -2.41. The molecule has 1 unspecified atom stereocenters. The van der Waals surface area contributed by atoms with Gasteiger partial charge in [0.05, 0.1) is 41.4 Å². The standard InChI is InChI=1S/C26H28F3N7O3S/c1-15-18(26(27,28)29)7-6-8-19(15)36-22(37)20-17(13-31-36)21(33-23(32-20)40-5)34-11-12-35(16(14-34)9-10-30)24(38)39-25(2,3)4/h6-8,13,16H,9,11-12,14H2,1-5H3. The molecular formula is C26H28F3N7O3S. The van der Waals surface area contributed by atoms with Gasteiger partial charge in [0.1, 0.15) is 16.9 Å². The number of carbonyl (C=O) groups is 1. The lowest BCUT2D eigenvalue weighted by molar-refractivity contribution is -0.138. The minimum atomic E-state index is -4.59. The minimum absolute atomic E-state index is 0.00681. The summed E-state index contributed by atoms with van der Waals surface area (Å²) in [6, 6.07) is 5.18. The van der Waals surface area contributed by atoms with E-state index in [2.05, 4.69) is 21.1 Å². The third-order valence-electron chi connectivity index (χ3n) is 6.36. The predicted octanol–water partition coefficient (Wildman–Crippen LogP) is 4.56. The Labute approximate surface area is 232 Å². The summed E-state index contributed by atoms with van der Waals surface area (Å²) in [5.74, 6) is 0.388. The fraction of sp³-hybridized carbons (Fsp3) is 0.462. The van der Waals surface area contributed by atoms with Gasteiger partial charge in [0, 0.05) is 19.6 Å². The van der Waals surface area contributed by atoms with Crippen LogP contribution >= 0.6 is 11.8 Å². The number of nitriles is 1. The Morgan fingerprint density at radius 1 is 1.23 bits per heavy atom. The number of halogens is 3. The zero-order chi connectivity index (χ0) is 29.4. The summed E-state index contributed by atoms with van der Waals surface area (Å²) in [6.07, 6.45) is -1.97. The molecular weight excluding hydrogens is 547 g/mol. The number of ether oxygens (including phenoxy) is 1. The number of alkyl halides is 3. The van der Waals surface area contributed by atoms with Crippen LogP contribution in [0.2, 0.25) is 0 Å². The Balaban J connectivity index is 1.78. The van der Waals surface area contributed by atoms with Gasteiger partial charge >= 0.3 is 12.3 Å². The number of amides is 1. The first-order valence-electron chi connectivity index (χ1n) is 12.4. The van der Waals surface area contributed by atoms with Crippen molar-refractivity contribution in [3.63, 3.8) is 0 Å². The molecule has 3 aromatic rings. The molecule has 0 spiro atoms. The van der Waals surface area contributed by atoms with Crippen molar-refractivity contribution in [2.75, 3.05) is 30.8 Å². The van der Waals surface area contributed by atoms with Crippen molar-refractivity contribution in [3.05, 3.63) is 45.9 Å².